The van der Waals surface area contributed by atoms with Gasteiger partial charge in [-0.15, -0.1) is 0 Å². The van der Waals surface area contributed by atoms with Crippen LogP contribution in [0.3, 0.4) is 0 Å². The van der Waals surface area contributed by atoms with Crippen molar-refractivity contribution in [1.82, 2.24) is 15.5 Å². The summed E-state index contributed by atoms with van der Waals surface area (Å²) in [5, 5.41) is 6.69. The minimum Gasteiger partial charge on any atom is -0.444 e. The van der Waals surface area contributed by atoms with Gasteiger partial charge in [-0.3, -0.25) is 4.79 Å². The molecular formula is C53H91N3O5S2. The Hall–Kier alpha value is -1.55. The molecule has 5 fully saturated rings. The minimum absolute atomic E-state index is 0.150. The summed E-state index contributed by atoms with van der Waals surface area (Å²) in [7, 11) is 3.98. The smallest absolute Gasteiger partial charge is 0.407 e. The third kappa shape index (κ3) is 13.6. The van der Waals surface area contributed by atoms with Gasteiger partial charge in [-0.05, 0) is 196 Å². The van der Waals surface area contributed by atoms with Crippen molar-refractivity contribution in [3.63, 3.8) is 0 Å². The number of alkyl carbamates (subject to hydrolysis) is 2. The Morgan fingerprint density at radius 3 is 1.98 bits per heavy atom. The highest BCUT2D eigenvalue weighted by Gasteiger charge is 2.58. The molecular weight excluding hydrogens is 823 g/mol. The summed E-state index contributed by atoms with van der Waals surface area (Å²) in [6, 6.07) is 0.300. The van der Waals surface area contributed by atoms with E-state index in [1.54, 1.807) is 5.57 Å². The van der Waals surface area contributed by atoms with E-state index in [9.17, 15) is 14.4 Å². The number of carbonyl (C=O) groups is 3. The topological polar surface area (TPSA) is 97.0 Å². The SMILES string of the molecule is CCC(CCCC1CCC2C3CC=C4CC(SSCCC(=O)N(CCC5CC(NC(=O)OC(C)(C)C)C5)CCC5CC(NC(=O)OC(C)(C)C)C5)CCC4(C)C3CCC12C)C(C)C. The van der Waals surface area contributed by atoms with E-state index >= 15 is 0 Å². The summed E-state index contributed by atoms with van der Waals surface area (Å²) >= 11 is 0. The van der Waals surface area contributed by atoms with E-state index in [1.165, 1.54) is 77.0 Å². The Morgan fingerprint density at radius 1 is 0.825 bits per heavy atom. The second-order valence-electron chi connectivity index (χ2n) is 24.3. The maximum absolute atomic E-state index is 13.9. The Labute approximate surface area is 392 Å². The Bertz CT molecular complexity index is 1510. The lowest BCUT2D eigenvalue weighted by Crippen LogP contribution is -2.50. The van der Waals surface area contributed by atoms with Crippen LogP contribution < -0.4 is 10.6 Å². The van der Waals surface area contributed by atoms with Crippen LogP contribution in [0, 0.1) is 58.2 Å². The second-order valence-corrected chi connectivity index (χ2v) is 27.1. The van der Waals surface area contributed by atoms with Crippen molar-refractivity contribution < 1.29 is 23.9 Å². The number of nitrogens with one attached hydrogen (secondary N) is 2. The first kappa shape index (κ1) is 50.9. The van der Waals surface area contributed by atoms with Gasteiger partial charge in [-0.2, -0.15) is 0 Å². The monoisotopic (exact) mass is 914 g/mol. The molecule has 8 atom stereocenters. The third-order valence-corrected chi connectivity index (χ3v) is 20.2. The highest BCUT2D eigenvalue weighted by atomic mass is 33.1. The van der Waals surface area contributed by atoms with Gasteiger partial charge in [0, 0.05) is 42.6 Å². The molecule has 0 aromatic rings. The van der Waals surface area contributed by atoms with E-state index in [4.69, 9.17) is 9.47 Å². The van der Waals surface area contributed by atoms with Gasteiger partial charge in [0.05, 0.1) is 0 Å². The van der Waals surface area contributed by atoms with Crippen molar-refractivity contribution in [2.45, 2.75) is 227 Å². The summed E-state index contributed by atoms with van der Waals surface area (Å²) in [5.74, 6) is 7.44. The standard InChI is InChI=1S/C53H91N3O5S2/c1-12-38(35(2)3)14-13-15-39-17-19-45-44-18-16-40-34-43(20-25-53(40,11)46(44)21-26-52(39,45)10)63-62-29-24-47(57)56(27-22-36-30-41(31-36)54-48(58)60-50(4,5)6)28-23-37-32-42(33-37)55-49(59)61-51(7,8)9/h16,35-39,41-46H,12-15,17-34H2,1-11H3,(H,54,58)(H,55,59). The van der Waals surface area contributed by atoms with Crippen LogP contribution in [0.5, 0.6) is 0 Å². The molecule has 0 aliphatic heterocycles. The summed E-state index contributed by atoms with van der Waals surface area (Å²) in [6.45, 7) is 25.5. The Morgan fingerprint density at radius 2 is 1.43 bits per heavy atom. The first-order valence-corrected chi connectivity index (χ1v) is 28.3. The fourth-order valence-corrected chi connectivity index (χ4v) is 16.1. The lowest BCUT2D eigenvalue weighted by Gasteiger charge is -2.58. The second kappa shape index (κ2) is 21.6. The Balaban J connectivity index is 0.942. The van der Waals surface area contributed by atoms with Crippen molar-refractivity contribution in [3.05, 3.63) is 11.6 Å². The van der Waals surface area contributed by atoms with Gasteiger partial charge in [-0.25, -0.2) is 9.59 Å². The first-order valence-electron chi connectivity index (χ1n) is 25.9. The van der Waals surface area contributed by atoms with Gasteiger partial charge in [0.1, 0.15) is 11.2 Å². The molecule has 63 heavy (non-hydrogen) atoms. The first-order chi connectivity index (χ1) is 29.7. The number of ether oxygens (including phenoxy) is 2. The van der Waals surface area contributed by atoms with E-state index in [1.807, 2.05) is 52.3 Å². The largest absolute Gasteiger partial charge is 0.444 e. The molecule has 0 radical (unpaired) electrons. The van der Waals surface area contributed by atoms with Gasteiger partial charge < -0.3 is 25.0 Å². The quantitative estimate of drug-likeness (QED) is 0.0757. The van der Waals surface area contributed by atoms with E-state index in [-0.39, 0.29) is 30.2 Å². The maximum atomic E-state index is 13.9. The van der Waals surface area contributed by atoms with Crippen LogP contribution in [0.4, 0.5) is 9.59 Å². The molecule has 3 amide bonds. The zero-order chi connectivity index (χ0) is 45.7. The van der Waals surface area contributed by atoms with Crippen LogP contribution in [-0.4, -0.2) is 70.4 Å². The zero-order valence-electron chi connectivity index (χ0n) is 41.8. The van der Waals surface area contributed by atoms with E-state index in [0.717, 1.165) is 92.9 Å². The molecule has 8 nitrogen and oxygen atoms in total. The lowest BCUT2D eigenvalue weighted by molar-refractivity contribution is -0.131. The normalized spacial score (nSPS) is 34.3. The predicted molar refractivity (Wildman–Crippen MR) is 264 cm³/mol. The van der Waals surface area contributed by atoms with Crippen molar-refractivity contribution >= 4 is 39.7 Å². The van der Waals surface area contributed by atoms with E-state index in [2.05, 4.69) is 67.0 Å². The molecule has 360 valence electrons. The van der Waals surface area contributed by atoms with Gasteiger partial charge >= 0.3 is 12.2 Å². The van der Waals surface area contributed by atoms with Crippen molar-refractivity contribution in [1.29, 1.82) is 0 Å². The average Bonchev–Trinajstić information content (AvgIpc) is 3.49. The molecule has 10 heteroatoms. The van der Waals surface area contributed by atoms with Crippen LogP contribution in [0.15, 0.2) is 11.6 Å². The number of allylic oxidation sites excluding steroid dienone is 2. The molecule has 6 aliphatic carbocycles. The number of hydrogen-bond acceptors (Lipinski definition) is 7. The number of fused-ring (bicyclic) bond motifs is 5. The van der Waals surface area contributed by atoms with Crippen LogP contribution >= 0.6 is 21.6 Å². The Kier molecular flexibility index (Phi) is 17.4. The van der Waals surface area contributed by atoms with Crippen molar-refractivity contribution in [2.24, 2.45) is 58.2 Å². The molecule has 6 rings (SSSR count). The summed E-state index contributed by atoms with van der Waals surface area (Å²) < 4.78 is 10.9. The molecule has 8 unspecified atom stereocenters. The fraction of sp³-hybridized carbons (Fsp3) is 0.906. The van der Waals surface area contributed by atoms with Crippen LogP contribution in [0.25, 0.3) is 0 Å². The molecule has 0 aromatic heterocycles. The van der Waals surface area contributed by atoms with Crippen molar-refractivity contribution in [2.75, 3.05) is 18.8 Å². The van der Waals surface area contributed by atoms with Crippen molar-refractivity contribution in [3.8, 4) is 0 Å². The molecule has 2 N–H and O–H groups in total. The summed E-state index contributed by atoms with van der Waals surface area (Å²) in [5.41, 5.74) is 1.70. The molecule has 0 saturated heterocycles. The molecule has 0 bridgehead atoms. The number of amides is 3. The molecule has 5 saturated carbocycles. The molecule has 6 aliphatic rings. The predicted octanol–water partition coefficient (Wildman–Crippen LogP) is 13.8. The highest BCUT2D eigenvalue weighted by Crippen LogP contribution is 2.67. The van der Waals surface area contributed by atoms with Crippen LogP contribution in [-0.2, 0) is 14.3 Å². The van der Waals surface area contributed by atoms with Gasteiger partial charge in [-0.1, -0.05) is 87.1 Å². The minimum atomic E-state index is -0.505. The van der Waals surface area contributed by atoms with Crippen LogP contribution in [0.2, 0.25) is 0 Å². The average molecular weight is 914 g/mol. The van der Waals surface area contributed by atoms with Gasteiger partial charge in [0.25, 0.3) is 0 Å². The van der Waals surface area contributed by atoms with E-state index in [0.29, 0.717) is 34.3 Å². The summed E-state index contributed by atoms with van der Waals surface area (Å²) in [6.07, 6.45) is 24.9. The third-order valence-electron chi connectivity index (χ3n) is 17.3. The van der Waals surface area contributed by atoms with E-state index < -0.39 is 11.2 Å². The zero-order valence-corrected chi connectivity index (χ0v) is 43.4. The number of rotatable bonds is 19. The number of carbonyl (C=O) groups excluding carboxylic acids is 3. The number of hydrogen-bond donors (Lipinski definition) is 2. The number of nitrogens with zero attached hydrogens (tertiary/aromatic N) is 1. The molecule has 0 spiro atoms. The molecule has 0 aromatic carbocycles. The fourth-order valence-electron chi connectivity index (χ4n) is 13.5. The highest BCUT2D eigenvalue weighted by molar-refractivity contribution is 8.76. The van der Waals surface area contributed by atoms with Gasteiger partial charge in [0.15, 0.2) is 0 Å². The maximum Gasteiger partial charge on any atom is 0.407 e. The lowest BCUT2D eigenvalue weighted by atomic mass is 9.47. The van der Waals surface area contributed by atoms with Gasteiger partial charge in [0.2, 0.25) is 5.91 Å². The summed E-state index contributed by atoms with van der Waals surface area (Å²) in [4.78, 5) is 40.6. The van der Waals surface area contributed by atoms with Crippen LogP contribution in [0.1, 0.15) is 198 Å². The molecule has 0 heterocycles.